The van der Waals surface area contributed by atoms with Crippen molar-refractivity contribution in [1.82, 2.24) is 4.90 Å². The summed E-state index contributed by atoms with van der Waals surface area (Å²) in [6, 6.07) is 4.11. The van der Waals surface area contributed by atoms with Crippen molar-refractivity contribution >= 4 is 39.4 Å². The van der Waals surface area contributed by atoms with Gasteiger partial charge in [0.1, 0.15) is 6.04 Å². The molecule has 1 aliphatic heterocycles. The number of nitrogens with zero attached hydrogens (tertiary/aromatic N) is 1. The lowest BCUT2D eigenvalue weighted by molar-refractivity contribution is -0.148. The van der Waals surface area contributed by atoms with Crippen molar-refractivity contribution in [2.24, 2.45) is 5.41 Å². The molecular weight excluding hydrogens is 358 g/mol. The zero-order valence-corrected chi connectivity index (χ0v) is 14.2. The van der Waals surface area contributed by atoms with E-state index in [-0.39, 0.29) is 5.91 Å². The largest absolute Gasteiger partial charge is 0.480 e. The summed E-state index contributed by atoms with van der Waals surface area (Å²) in [5.74, 6) is -1.27. The van der Waals surface area contributed by atoms with E-state index in [1.807, 2.05) is 13.8 Å². The minimum Gasteiger partial charge on any atom is -0.480 e. The summed E-state index contributed by atoms with van der Waals surface area (Å²) in [4.78, 5) is 25.8. The van der Waals surface area contributed by atoms with Crippen LogP contribution in [0.3, 0.4) is 0 Å². The molecule has 1 aromatic rings. The van der Waals surface area contributed by atoms with Gasteiger partial charge in [0.15, 0.2) is 0 Å². The van der Waals surface area contributed by atoms with E-state index < -0.39 is 17.4 Å². The number of benzene rings is 1. The Bertz CT molecular complexity index is 588. The van der Waals surface area contributed by atoms with Crippen LogP contribution >= 0.6 is 27.5 Å². The Kier molecular flexibility index (Phi) is 4.63. The molecule has 21 heavy (non-hydrogen) atoms. The molecule has 1 atom stereocenters. The van der Waals surface area contributed by atoms with Crippen molar-refractivity contribution in [3.8, 4) is 0 Å². The van der Waals surface area contributed by atoms with Gasteiger partial charge in [-0.2, -0.15) is 0 Å². The molecule has 6 heteroatoms. The van der Waals surface area contributed by atoms with Gasteiger partial charge in [0.2, 0.25) is 0 Å². The van der Waals surface area contributed by atoms with Crippen molar-refractivity contribution in [2.75, 3.05) is 6.54 Å². The van der Waals surface area contributed by atoms with Gasteiger partial charge in [-0.3, -0.25) is 4.79 Å². The van der Waals surface area contributed by atoms with Gasteiger partial charge in [-0.1, -0.05) is 25.4 Å². The minimum absolute atomic E-state index is 0.301. The summed E-state index contributed by atoms with van der Waals surface area (Å²) in [7, 11) is 0. The smallest absolute Gasteiger partial charge is 0.326 e. The summed E-state index contributed by atoms with van der Waals surface area (Å²) in [5.41, 5.74) is -0.0587. The first-order chi connectivity index (χ1) is 9.74. The van der Waals surface area contributed by atoms with Gasteiger partial charge in [-0.05, 0) is 52.4 Å². The highest BCUT2D eigenvalue weighted by molar-refractivity contribution is 9.10. The number of hydrogen-bond acceptors (Lipinski definition) is 2. The van der Waals surface area contributed by atoms with E-state index in [9.17, 15) is 14.7 Å². The fraction of sp³-hybridized carbons (Fsp3) is 0.467. The standard InChI is InChI=1S/C15H17BrClNO3/c1-15(2)6-3-7-18(12(15)14(20)21)13(19)10-8-9(17)4-5-11(10)16/h4-5,8,12H,3,6-7H2,1-2H3,(H,20,21). The Morgan fingerprint density at radius 3 is 2.71 bits per heavy atom. The van der Waals surface area contributed by atoms with Crippen molar-refractivity contribution in [1.29, 1.82) is 0 Å². The predicted molar refractivity (Wildman–Crippen MR) is 84.6 cm³/mol. The maximum atomic E-state index is 12.7. The Labute approximate surface area is 137 Å². The van der Waals surface area contributed by atoms with E-state index in [2.05, 4.69) is 15.9 Å². The number of halogens is 2. The van der Waals surface area contributed by atoms with E-state index in [0.29, 0.717) is 21.6 Å². The summed E-state index contributed by atoms with van der Waals surface area (Å²) in [6.07, 6.45) is 1.57. The monoisotopic (exact) mass is 373 g/mol. The zero-order chi connectivity index (χ0) is 15.8. The maximum Gasteiger partial charge on any atom is 0.326 e. The van der Waals surface area contributed by atoms with Gasteiger partial charge >= 0.3 is 5.97 Å². The number of carboxylic acids is 1. The van der Waals surface area contributed by atoms with Gasteiger partial charge in [0.05, 0.1) is 5.56 Å². The average Bonchev–Trinajstić information content (AvgIpc) is 2.38. The molecule has 0 aliphatic carbocycles. The van der Waals surface area contributed by atoms with Crippen LogP contribution in [0.4, 0.5) is 0 Å². The molecule has 1 fully saturated rings. The van der Waals surface area contributed by atoms with Crippen LogP contribution in [0.2, 0.25) is 5.02 Å². The highest BCUT2D eigenvalue weighted by Crippen LogP contribution is 2.36. The lowest BCUT2D eigenvalue weighted by atomic mass is 9.76. The molecule has 1 heterocycles. The van der Waals surface area contributed by atoms with Crippen molar-refractivity contribution < 1.29 is 14.7 Å². The lowest BCUT2D eigenvalue weighted by Gasteiger charge is -2.44. The fourth-order valence-corrected chi connectivity index (χ4v) is 3.48. The fourth-order valence-electron chi connectivity index (χ4n) is 2.90. The Hall–Kier alpha value is -1.07. The van der Waals surface area contributed by atoms with Crippen molar-refractivity contribution in [2.45, 2.75) is 32.7 Å². The van der Waals surface area contributed by atoms with Gasteiger partial charge in [-0.25, -0.2) is 4.79 Å². The van der Waals surface area contributed by atoms with Gasteiger partial charge < -0.3 is 10.0 Å². The van der Waals surface area contributed by atoms with Gasteiger partial charge in [0, 0.05) is 16.0 Å². The molecule has 1 N–H and O–H groups in total. The molecular formula is C15H17BrClNO3. The average molecular weight is 375 g/mol. The summed E-state index contributed by atoms with van der Waals surface area (Å²) >= 11 is 9.28. The van der Waals surface area contributed by atoms with E-state index in [0.717, 1.165) is 12.8 Å². The number of piperidine rings is 1. The van der Waals surface area contributed by atoms with Crippen LogP contribution < -0.4 is 0 Å². The van der Waals surface area contributed by atoms with E-state index in [1.54, 1.807) is 18.2 Å². The first-order valence-corrected chi connectivity index (χ1v) is 7.90. The van der Waals surface area contributed by atoms with Crippen LogP contribution in [0.25, 0.3) is 0 Å². The second kappa shape index (κ2) is 5.97. The quantitative estimate of drug-likeness (QED) is 0.856. The second-order valence-electron chi connectivity index (χ2n) is 5.96. The van der Waals surface area contributed by atoms with Crippen LogP contribution in [0.15, 0.2) is 22.7 Å². The van der Waals surface area contributed by atoms with E-state index >= 15 is 0 Å². The molecule has 1 unspecified atom stereocenters. The normalized spacial score (nSPS) is 21.1. The molecule has 0 radical (unpaired) electrons. The molecule has 0 aromatic heterocycles. The van der Waals surface area contributed by atoms with E-state index in [1.165, 1.54) is 4.90 Å². The van der Waals surface area contributed by atoms with Crippen LogP contribution in [-0.4, -0.2) is 34.5 Å². The van der Waals surface area contributed by atoms with Gasteiger partial charge in [-0.15, -0.1) is 0 Å². The number of likely N-dealkylation sites (tertiary alicyclic amines) is 1. The summed E-state index contributed by atoms with van der Waals surface area (Å²) in [5, 5.41) is 9.98. The molecule has 0 saturated carbocycles. The first kappa shape index (κ1) is 16.3. The molecule has 1 aliphatic rings. The second-order valence-corrected chi connectivity index (χ2v) is 7.25. The number of carbonyl (C=O) groups is 2. The Morgan fingerprint density at radius 2 is 2.10 bits per heavy atom. The molecule has 0 spiro atoms. The number of carboxylic acid groups (broad SMARTS) is 1. The number of amides is 1. The number of rotatable bonds is 2. The highest BCUT2D eigenvalue weighted by atomic mass is 79.9. The molecule has 1 aromatic carbocycles. The number of aliphatic carboxylic acids is 1. The lowest BCUT2D eigenvalue weighted by Crippen LogP contribution is -2.56. The SMILES string of the molecule is CC1(C)CCCN(C(=O)c2cc(Cl)ccc2Br)C1C(=O)O. The predicted octanol–water partition coefficient (Wildman–Crippen LogP) is 3.82. The van der Waals surface area contributed by atoms with Crippen LogP contribution in [0.1, 0.15) is 37.0 Å². The zero-order valence-electron chi connectivity index (χ0n) is 11.9. The summed E-state index contributed by atoms with van der Waals surface area (Å²) in [6.45, 7) is 4.22. The van der Waals surface area contributed by atoms with Gasteiger partial charge in [0.25, 0.3) is 5.91 Å². The highest BCUT2D eigenvalue weighted by Gasteiger charge is 2.44. The molecule has 2 rings (SSSR count). The molecule has 4 nitrogen and oxygen atoms in total. The van der Waals surface area contributed by atoms with Crippen molar-refractivity contribution in [3.63, 3.8) is 0 Å². The minimum atomic E-state index is -0.966. The van der Waals surface area contributed by atoms with Crippen LogP contribution in [-0.2, 0) is 4.79 Å². The molecule has 1 saturated heterocycles. The Morgan fingerprint density at radius 1 is 1.43 bits per heavy atom. The maximum absolute atomic E-state index is 12.7. The third kappa shape index (κ3) is 3.24. The Balaban J connectivity index is 2.41. The molecule has 114 valence electrons. The van der Waals surface area contributed by atoms with Crippen molar-refractivity contribution in [3.05, 3.63) is 33.3 Å². The number of carbonyl (C=O) groups excluding carboxylic acids is 1. The third-order valence-electron chi connectivity index (χ3n) is 3.93. The molecule has 1 amide bonds. The topological polar surface area (TPSA) is 57.6 Å². The van der Waals surface area contributed by atoms with Crippen LogP contribution in [0, 0.1) is 5.41 Å². The van der Waals surface area contributed by atoms with E-state index in [4.69, 9.17) is 11.6 Å². The summed E-state index contributed by atoms with van der Waals surface area (Å²) < 4.78 is 0.615. The molecule has 0 bridgehead atoms. The van der Waals surface area contributed by atoms with Crippen LogP contribution in [0.5, 0.6) is 0 Å². The third-order valence-corrected chi connectivity index (χ3v) is 4.85. The number of hydrogen-bond donors (Lipinski definition) is 1. The first-order valence-electron chi connectivity index (χ1n) is 6.73.